The van der Waals surface area contributed by atoms with E-state index in [1.54, 1.807) is 19.1 Å². The second-order valence-electron chi connectivity index (χ2n) is 8.19. The first-order valence-corrected chi connectivity index (χ1v) is 10.9. The van der Waals surface area contributed by atoms with E-state index in [2.05, 4.69) is 15.3 Å². The van der Waals surface area contributed by atoms with E-state index in [0.29, 0.717) is 34.2 Å². The van der Waals surface area contributed by atoms with Gasteiger partial charge in [0.1, 0.15) is 5.82 Å². The van der Waals surface area contributed by atoms with Crippen LogP contribution in [0.5, 0.6) is 0 Å². The van der Waals surface area contributed by atoms with Crippen molar-refractivity contribution in [2.45, 2.75) is 31.7 Å². The van der Waals surface area contributed by atoms with Crippen molar-refractivity contribution < 1.29 is 22.4 Å². The average molecular weight is 496 g/mol. The quantitative estimate of drug-likeness (QED) is 0.478. The van der Waals surface area contributed by atoms with E-state index >= 15 is 0 Å². The second-order valence-corrected chi connectivity index (χ2v) is 8.62. The summed E-state index contributed by atoms with van der Waals surface area (Å²) in [5, 5.41) is 3.47. The molecule has 6 nitrogen and oxygen atoms in total. The number of anilines is 1. The molecule has 1 aliphatic heterocycles. The van der Waals surface area contributed by atoms with Gasteiger partial charge in [0.15, 0.2) is 5.82 Å². The van der Waals surface area contributed by atoms with Crippen molar-refractivity contribution in [1.82, 2.24) is 19.4 Å². The second kappa shape index (κ2) is 9.25. The summed E-state index contributed by atoms with van der Waals surface area (Å²) in [6.45, 7) is 2.01. The van der Waals surface area contributed by atoms with Crippen LogP contribution in [0, 0.1) is 6.92 Å². The number of likely N-dealkylation sites (tertiary alicyclic amines) is 1. The Hall–Kier alpha value is -3.14. The van der Waals surface area contributed by atoms with Crippen molar-refractivity contribution in [1.29, 1.82) is 0 Å². The molecule has 2 aromatic heterocycles. The Bertz CT molecular complexity index is 1200. The minimum atomic E-state index is -3.66. The lowest BCUT2D eigenvalue weighted by Gasteiger charge is -2.23. The molecule has 34 heavy (non-hydrogen) atoms. The van der Waals surface area contributed by atoms with Crippen molar-refractivity contribution in [2.24, 2.45) is 7.05 Å². The fraction of sp³-hybridized carbons (Fsp3) is 0.348. The Balaban J connectivity index is 1.42. The Labute approximate surface area is 198 Å². The van der Waals surface area contributed by atoms with Gasteiger partial charge in [-0.05, 0) is 37.6 Å². The van der Waals surface area contributed by atoms with Crippen LogP contribution in [0.25, 0.3) is 11.3 Å². The molecule has 0 spiro atoms. The van der Waals surface area contributed by atoms with Gasteiger partial charge in [-0.3, -0.25) is 4.79 Å². The van der Waals surface area contributed by atoms with Crippen molar-refractivity contribution in [3.05, 3.63) is 64.7 Å². The van der Waals surface area contributed by atoms with E-state index in [1.807, 2.05) is 0 Å². The zero-order valence-electron chi connectivity index (χ0n) is 18.4. The number of imidazole rings is 1. The highest BCUT2D eigenvalue weighted by Crippen LogP contribution is 2.33. The van der Waals surface area contributed by atoms with Gasteiger partial charge in [0.05, 0.1) is 5.69 Å². The molecular formula is C23H22ClF4N5O. The summed E-state index contributed by atoms with van der Waals surface area (Å²) in [5.74, 6) is -4.75. The molecule has 3 aromatic rings. The lowest BCUT2D eigenvalue weighted by atomic mass is 10.1. The molecular weight excluding hydrogens is 474 g/mol. The number of aromatic nitrogens is 3. The maximum atomic E-state index is 14.7. The molecule has 11 heteroatoms. The predicted molar refractivity (Wildman–Crippen MR) is 120 cm³/mol. The van der Waals surface area contributed by atoms with Crippen molar-refractivity contribution >= 4 is 23.3 Å². The molecule has 1 aliphatic rings. The molecule has 1 aromatic carbocycles. The van der Waals surface area contributed by atoms with Crippen LogP contribution < -0.4 is 5.32 Å². The van der Waals surface area contributed by atoms with Gasteiger partial charge in [-0.2, -0.15) is 8.78 Å². The first kappa shape index (κ1) is 24.0. The number of benzene rings is 1. The number of alkyl halides is 4. The van der Waals surface area contributed by atoms with E-state index in [1.165, 1.54) is 29.9 Å². The van der Waals surface area contributed by atoms with Gasteiger partial charge in [0.2, 0.25) is 0 Å². The number of rotatable bonds is 6. The average Bonchev–Trinajstić information content (AvgIpc) is 3.40. The van der Waals surface area contributed by atoms with Gasteiger partial charge in [-0.1, -0.05) is 23.7 Å². The number of aryl methyl sites for hydroxylation is 2. The third-order valence-electron chi connectivity index (χ3n) is 5.77. The molecule has 0 saturated carbocycles. The van der Waals surface area contributed by atoms with Crippen molar-refractivity contribution in [2.75, 3.05) is 18.4 Å². The number of carbonyl (C=O) groups excluding carboxylic acids is 1. The first-order valence-electron chi connectivity index (χ1n) is 10.6. The highest BCUT2D eigenvalue weighted by molar-refractivity contribution is 6.30. The summed E-state index contributed by atoms with van der Waals surface area (Å²) in [4.78, 5) is 22.1. The monoisotopic (exact) mass is 495 g/mol. The highest BCUT2D eigenvalue weighted by Gasteiger charge is 2.45. The third-order valence-corrected chi connectivity index (χ3v) is 6.02. The number of nitrogens with one attached hydrogen (secondary N) is 1. The van der Waals surface area contributed by atoms with E-state index in [4.69, 9.17) is 11.6 Å². The maximum Gasteiger partial charge on any atom is 0.349 e. The molecule has 1 atom stereocenters. The van der Waals surface area contributed by atoms with Gasteiger partial charge in [-0.25, -0.2) is 18.7 Å². The maximum absolute atomic E-state index is 14.7. The summed E-state index contributed by atoms with van der Waals surface area (Å²) in [6, 6.07) is 8.06. The molecule has 1 fully saturated rings. The Morgan fingerprint density at radius 2 is 1.88 bits per heavy atom. The number of halogens is 5. The molecule has 0 bridgehead atoms. The number of nitrogens with zero attached hydrogens (tertiary/aromatic N) is 4. The molecule has 1 saturated heterocycles. The summed E-state index contributed by atoms with van der Waals surface area (Å²) in [6.07, 6.45) is -0.698. The van der Waals surface area contributed by atoms with Gasteiger partial charge in [0.25, 0.3) is 12.3 Å². The number of amides is 1. The molecule has 0 radical (unpaired) electrons. The fourth-order valence-corrected chi connectivity index (χ4v) is 4.10. The minimum absolute atomic E-state index is 0.0997. The molecule has 3 heterocycles. The zero-order valence-corrected chi connectivity index (χ0v) is 19.2. The lowest BCUT2D eigenvalue weighted by molar-refractivity contribution is -0.157. The summed E-state index contributed by atoms with van der Waals surface area (Å²) in [7, 11) is 1.50. The minimum Gasteiger partial charge on any atom is -0.365 e. The van der Waals surface area contributed by atoms with Gasteiger partial charge < -0.3 is 14.8 Å². The van der Waals surface area contributed by atoms with Crippen LogP contribution in [0.1, 0.15) is 29.9 Å². The number of hydrogen-bond donors (Lipinski definition) is 1. The molecule has 180 valence electrons. The van der Waals surface area contributed by atoms with Crippen LogP contribution in [0.4, 0.5) is 23.4 Å². The highest BCUT2D eigenvalue weighted by atomic mass is 35.5. The van der Waals surface area contributed by atoms with E-state index in [9.17, 15) is 22.4 Å². The zero-order chi connectivity index (χ0) is 24.6. The topological polar surface area (TPSA) is 63.1 Å². The SMILES string of the molecule is Cc1nc(N[C@H]2CCN(C(=O)C(F)(F)c3ccc(Cl)cc3)C2)ccc1-c1cn(C)c(C(F)F)n1. The van der Waals surface area contributed by atoms with Gasteiger partial charge >= 0.3 is 5.92 Å². The van der Waals surface area contributed by atoms with Crippen molar-refractivity contribution in [3.63, 3.8) is 0 Å². The molecule has 1 amide bonds. The third kappa shape index (κ3) is 4.72. The fourth-order valence-electron chi connectivity index (χ4n) is 3.98. The number of pyridine rings is 1. The van der Waals surface area contributed by atoms with Gasteiger partial charge in [-0.15, -0.1) is 0 Å². The Kier molecular flexibility index (Phi) is 6.53. The van der Waals surface area contributed by atoms with Crippen LogP contribution in [-0.4, -0.2) is 44.5 Å². The van der Waals surface area contributed by atoms with Gasteiger partial charge in [0, 0.05) is 54.2 Å². The summed E-state index contributed by atoms with van der Waals surface area (Å²) >= 11 is 5.75. The van der Waals surface area contributed by atoms with Crippen LogP contribution in [0.2, 0.25) is 5.02 Å². The van der Waals surface area contributed by atoms with Crippen LogP contribution >= 0.6 is 11.6 Å². The van der Waals surface area contributed by atoms with Crippen molar-refractivity contribution in [3.8, 4) is 11.3 Å². The van der Waals surface area contributed by atoms with E-state index < -0.39 is 23.8 Å². The van der Waals surface area contributed by atoms with Crippen LogP contribution in [-0.2, 0) is 17.8 Å². The Morgan fingerprint density at radius 3 is 2.50 bits per heavy atom. The van der Waals surface area contributed by atoms with E-state index in [0.717, 1.165) is 17.0 Å². The molecule has 0 aliphatic carbocycles. The number of hydrogen-bond acceptors (Lipinski definition) is 4. The van der Waals surface area contributed by atoms with Crippen LogP contribution in [0.3, 0.4) is 0 Å². The largest absolute Gasteiger partial charge is 0.365 e. The normalized spacial score (nSPS) is 16.4. The number of carbonyl (C=O) groups is 1. The first-order chi connectivity index (χ1) is 16.1. The van der Waals surface area contributed by atoms with E-state index in [-0.39, 0.29) is 25.0 Å². The van der Waals surface area contributed by atoms with Crippen LogP contribution in [0.15, 0.2) is 42.6 Å². The summed E-state index contributed by atoms with van der Waals surface area (Å²) < 4.78 is 56.7. The lowest BCUT2D eigenvalue weighted by Crippen LogP contribution is -2.41. The Morgan fingerprint density at radius 1 is 1.18 bits per heavy atom. The summed E-state index contributed by atoms with van der Waals surface area (Å²) in [5.41, 5.74) is 1.16. The smallest absolute Gasteiger partial charge is 0.349 e. The molecule has 0 unspecified atom stereocenters. The molecule has 1 N–H and O–H groups in total. The predicted octanol–water partition coefficient (Wildman–Crippen LogP) is 5.19. The molecule has 4 rings (SSSR count). The standard InChI is InChI=1S/C23H22ClF4N5O/c1-13-17(18-12-32(2)21(31-18)20(25)26)7-8-19(29-13)30-16-9-10-33(11-16)22(34)23(27,28)14-3-5-15(24)6-4-14/h3-8,12,16,20H,9-11H2,1-2H3,(H,29,30)/t16-/m0/s1.